The first kappa shape index (κ1) is 15.6. The summed E-state index contributed by atoms with van der Waals surface area (Å²) in [5.41, 5.74) is 7.90. The lowest BCUT2D eigenvalue weighted by molar-refractivity contribution is -0.115. The summed E-state index contributed by atoms with van der Waals surface area (Å²) in [5.74, 6) is -0.639. The first-order valence-electron chi connectivity index (χ1n) is 7.00. The molecule has 0 saturated heterocycles. The molecule has 5 heteroatoms. The molecule has 22 heavy (non-hydrogen) atoms. The van der Waals surface area contributed by atoms with Gasteiger partial charge in [-0.05, 0) is 30.7 Å². The Balaban J connectivity index is 2.10. The Hall–Kier alpha value is -2.82. The van der Waals surface area contributed by atoms with E-state index in [1.165, 1.54) is 6.07 Å². The number of ether oxygens (including phenoxy) is 1. The van der Waals surface area contributed by atoms with Gasteiger partial charge in [-0.3, -0.25) is 4.79 Å². The van der Waals surface area contributed by atoms with Crippen molar-refractivity contribution in [3.63, 3.8) is 0 Å². The van der Waals surface area contributed by atoms with Crippen LogP contribution < -0.4 is 11.1 Å². The average Bonchev–Trinajstić information content (AvgIpc) is 2.50. The van der Waals surface area contributed by atoms with Gasteiger partial charge in [-0.15, -0.1) is 0 Å². The van der Waals surface area contributed by atoms with Gasteiger partial charge < -0.3 is 15.8 Å². The van der Waals surface area contributed by atoms with E-state index in [-0.39, 0.29) is 12.3 Å². The summed E-state index contributed by atoms with van der Waals surface area (Å²) in [6.45, 7) is 2.02. The molecule has 0 radical (unpaired) electrons. The number of esters is 1. The molecule has 0 aliphatic rings. The maximum atomic E-state index is 12.1. The fourth-order valence-corrected chi connectivity index (χ4v) is 1.98. The Morgan fingerprint density at radius 2 is 1.86 bits per heavy atom. The van der Waals surface area contributed by atoms with Crippen molar-refractivity contribution in [1.82, 2.24) is 0 Å². The molecule has 0 aliphatic heterocycles. The first-order valence-corrected chi connectivity index (χ1v) is 7.00. The molecule has 2 aromatic rings. The fourth-order valence-electron chi connectivity index (χ4n) is 1.98. The number of anilines is 2. The SMILES string of the molecule is CCOC(=O)c1ccc(N)c(NC(=O)Cc2ccccc2)c1. The third-order valence-corrected chi connectivity index (χ3v) is 3.05. The second-order valence-electron chi connectivity index (χ2n) is 4.73. The minimum Gasteiger partial charge on any atom is -0.462 e. The van der Waals surface area contributed by atoms with E-state index < -0.39 is 5.97 Å². The summed E-state index contributed by atoms with van der Waals surface area (Å²) in [4.78, 5) is 23.8. The molecule has 0 aromatic heterocycles. The lowest BCUT2D eigenvalue weighted by atomic mass is 10.1. The number of carbonyl (C=O) groups excluding carboxylic acids is 2. The van der Waals surface area contributed by atoms with Crippen LogP contribution in [0.4, 0.5) is 11.4 Å². The molecule has 2 aromatic carbocycles. The number of hydrogen-bond donors (Lipinski definition) is 2. The molecule has 0 atom stereocenters. The van der Waals surface area contributed by atoms with Gasteiger partial charge in [0.2, 0.25) is 5.91 Å². The number of benzene rings is 2. The molecular weight excluding hydrogens is 280 g/mol. The maximum Gasteiger partial charge on any atom is 0.338 e. The number of rotatable bonds is 5. The maximum absolute atomic E-state index is 12.1. The molecule has 0 aliphatic carbocycles. The van der Waals surface area contributed by atoms with E-state index in [1.807, 2.05) is 30.3 Å². The molecule has 0 fully saturated rings. The zero-order chi connectivity index (χ0) is 15.9. The largest absolute Gasteiger partial charge is 0.462 e. The van der Waals surface area contributed by atoms with Crippen molar-refractivity contribution in [3.05, 3.63) is 59.7 Å². The highest BCUT2D eigenvalue weighted by Gasteiger charge is 2.11. The third kappa shape index (κ3) is 4.09. The number of hydrogen-bond acceptors (Lipinski definition) is 4. The highest BCUT2D eigenvalue weighted by Crippen LogP contribution is 2.21. The van der Waals surface area contributed by atoms with Crippen LogP contribution in [0.25, 0.3) is 0 Å². The summed E-state index contributed by atoms with van der Waals surface area (Å²) in [6, 6.07) is 14.1. The Morgan fingerprint density at radius 3 is 2.55 bits per heavy atom. The summed E-state index contributed by atoms with van der Waals surface area (Å²) < 4.78 is 4.93. The van der Waals surface area contributed by atoms with Gasteiger partial charge in [-0.2, -0.15) is 0 Å². The summed E-state index contributed by atoms with van der Waals surface area (Å²) in [5, 5.41) is 2.72. The monoisotopic (exact) mass is 298 g/mol. The zero-order valence-electron chi connectivity index (χ0n) is 12.3. The molecule has 0 heterocycles. The van der Waals surface area contributed by atoms with E-state index in [0.717, 1.165) is 5.56 Å². The molecule has 3 N–H and O–H groups in total. The lowest BCUT2D eigenvalue weighted by Crippen LogP contribution is -2.16. The van der Waals surface area contributed by atoms with E-state index in [2.05, 4.69) is 5.32 Å². The van der Waals surface area contributed by atoms with E-state index in [1.54, 1.807) is 19.1 Å². The number of nitrogens with one attached hydrogen (secondary N) is 1. The van der Waals surface area contributed by atoms with Crippen molar-refractivity contribution < 1.29 is 14.3 Å². The topological polar surface area (TPSA) is 81.4 Å². The number of amides is 1. The molecule has 5 nitrogen and oxygen atoms in total. The Bertz CT molecular complexity index is 669. The van der Waals surface area contributed by atoms with Crippen molar-refractivity contribution in [2.24, 2.45) is 0 Å². The fraction of sp³-hybridized carbons (Fsp3) is 0.176. The predicted octanol–water partition coefficient (Wildman–Crippen LogP) is 2.63. The third-order valence-electron chi connectivity index (χ3n) is 3.05. The predicted molar refractivity (Wildman–Crippen MR) is 85.6 cm³/mol. The number of carbonyl (C=O) groups is 2. The first-order chi connectivity index (χ1) is 10.6. The van der Waals surface area contributed by atoms with Gasteiger partial charge >= 0.3 is 5.97 Å². The van der Waals surface area contributed by atoms with Crippen molar-refractivity contribution in [1.29, 1.82) is 0 Å². The van der Waals surface area contributed by atoms with Gasteiger partial charge in [-0.1, -0.05) is 30.3 Å². The van der Waals surface area contributed by atoms with Gasteiger partial charge in [0.1, 0.15) is 0 Å². The van der Waals surface area contributed by atoms with Crippen LogP contribution in [-0.4, -0.2) is 18.5 Å². The smallest absolute Gasteiger partial charge is 0.338 e. The Kier molecular flexibility index (Phi) is 5.14. The molecule has 0 saturated carbocycles. The molecule has 114 valence electrons. The summed E-state index contributed by atoms with van der Waals surface area (Å²) >= 11 is 0. The second-order valence-corrected chi connectivity index (χ2v) is 4.73. The minimum atomic E-state index is -0.443. The van der Waals surface area contributed by atoms with Crippen LogP contribution >= 0.6 is 0 Å². The highest BCUT2D eigenvalue weighted by molar-refractivity contribution is 5.98. The van der Waals surface area contributed by atoms with E-state index in [4.69, 9.17) is 10.5 Å². The van der Waals surface area contributed by atoms with Crippen LogP contribution in [0.5, 0.6) is 0 Å². The summed E-state index contributed by atoms with van der Waals surface area (Å²) in [6.07, 6.45) is 0.240. The van der Waals surface area contributed by atoms with Crippen molar-refractivity contribution in [2.45, 2.75) is 13.3 Å². The van der Waals surface area contributed by atoms with Crippen LogP contribution in [0.2, 0.25) is 0 Å². The average molecular weight is 298 g/mol. The molecule has 0 bridgehead atoms. The molecule has 1 amide bonds. The Labute approximate surface area is 129 Å². The molecule has 2 rings (SSSR count). The van der Waals surface area contributed by atoms with Crippen LogP contribution in [0.1, 0.15) is 22.8 Å². The normalized spacial score (nSPS) is 10.0. The van der Waals surface area contributed by atoms with E-state index in [9.17, 15) is 9.59 Å². The van der Waals surface area contributed by atoms with Crippen LogP contribution in [0.15, 0.2) is 48.5 Å². The zero-order valence-corrected chi connectivity index (χ0v) is 12.3. The quantitative estimate of drug-likeness (QED) is 0.656. The van der Waals surface area contributed by atoms with Crippen LogP contribution in [0, 0.1) is 0 Å². The van der Waals surface area contributed by atoms with Gasteiger partial charge in [0.25, 0.3) is 0 Å². The number of nitrogen functional groups attached to an aromatic ring is 1. The number of nitrogens with two attached hydrogens (primary N) is 1. The lowest BCUT2D eigenvalue weighted by Gasteiger charge is -2.10. The van der Waals surface area contributed by atoms with E-state index >= 15 is 0 Å². The van der Waals surface area contributed by atoms with Gasteiger partial charge in [0, 0.05) is 0 Å². The second kappa shape index (κ2) is 7.26. The molecule has 0 spiro atoms. The van der Waals surface area contributed by atoms with Crippen LogP contribution in [-0.2, 0) is 16.0 Å². The van der Waals surface area contributed by atoms with Gasteiger partial charge in [0.15, 0.2) is 0 Å². The van der Waals surface area contributed by atoms with Crippen molar-refractivity contribution in [2.75, 3.05) is 17.7 Å². The molecule has 0 unspecified atom stereocenters. The minimum absolute atomic E-state index is 0.195. The highest BCUT2D eigenvalue weighted by atomic mass is 16.5. The van der Waals surface area contributed by atoms with Crippen LogP contribution in [0.3, 0.4) is 0 Å². The molecular formula is C17H18N2O3. The van der Waals surface area contributed by atoms with Gasteiger partial charge in [-0.25, -0.2) is 4.79 Å². The van der Waals surface area contributed by atoms with Crippen molar-refractivity contribution >= 4 is 23.3 Å². The standard InChI is InChI=1S/C17H18N2O3/c1-2-22-17(21)13-8-9-14(18)15(11-13)19-16(20)10-12-6-4-3-5-7-12/h3-9,11H,2,10,18H2,1H3,(H,19,20). The Morgan fingerprint density at radius 1 is 1.14 bits per heavy atom. The van der Waals surface area contributed by atoms with E-state index in [0.29, 0.717) is 23.5 Å². The van der Waals surface area contributed by atoms with Crippen molar-refractivity contribution in [3.8, 4) is 0 Å². The summed E-state index contributed by atoms with van der Waals surface area (Å²) in [7, 11) is 0. The van der Waals surface area contributed by atoms with Gasteiger partial charge in [0.05, 0.1) is 30.0 Å².